The fourth-order valence-electron chi connectivity index (χ4n) is 3.85. The van der Waals surface area contributed by atoms with E-state index in [0.717, 1.165) is 11.3 Å². The molecule has 8 nitrogen and oxygen atoms in total. The van der Waals surface area contributed by atoms with Gasteiger partial charge in [-0.25, -0.2) is 18.4 Å². The summed E-state index contributed by atoms with van der Waals surface area (Å²) in [5, 5.41) is 2.57. The summed E-state index contributed by atoms with van der Waals surface area (Å²) in [6, 6.07) is 8.00. The lowest BCUT2D eigenvalue weighted by Crippen LogP contribution is -2.37. The maximum atomic E-state index is 13.2. The molecule has 1 aliphatic heterocycles. The normalized spacial score (nSPS) is 18.2. The Morgan fingerprint density at radius 1 is 1.19 bits per heavy atom. The number of amides is 1. The van der Waals surface area contributed by atoms with Crippen molar-refractivity contribution < 1.29 is 22.8 Å². The smallest absolute Gasteiger partial charge is 0.287 e. The number of rotatable bonds is 7. The van der Waals surface area contributed by atoms with Gasteiger partial charge in [-0.15, -0.1) is 0 Å². The van der Waals surface area contributed by atoms with Gasteiger partial charge in [0.25, 0.3) is 5.91 Å². The number of carbonyl (C=O) groups excluding carboxylic acids is 3. The average Bonchev–Trinajstić information content (AvgIpc) is 2.83. The number of nitrogens with one attached hydrogen (secondary N) is 1. The van der Waals surface area contributed by atoms with Gasteiger partial charge < -0.3 is 5.32 Å². The molecule has 0 bridgehead atoms. The fourth-order valence-corrected chi connectivity index (χ4v) is 5.66. The van der Waals surface area contributed by atoms with Crippen molar-refractivity contribution in [1.82, 2.24) is 15.3 Å². The van der Waals surface area contributed by atoms with Crippen LogP contribution >= 0.6 is 0 Å². The largest absolute Gasteiger partial charge is 0.345 e. The zero-order valence-corrected chi connectivity index (χ0v) is 19.0. The number of Topliss-reactive ketones (excluding diaryl/α,β-unsaturated/α-hetero) is 2. The summed E-state index contributed by atoms with van der Waals surface area (Å²) >= 11 is 0. The number of hydrogen-bond donors (Lipinski definition) is 1. The van der Waals surface area contributed by atoms with Crippen LogP contribution in [0.2, 0.25) is 0 Å². The van der Waals surface area contributed by atoms with Crippen LogP contribution in [0, 0.1) is 17.8 Å². The van der Waals surface area contributed by atoms with Crippen LogP contribution in [0.3, 0.4) is 0 Å². The summed E-state index contributed by atoms with van der Waals surface area (Å²) in [4.78, 5) is 46.6. The minimum absolute atomic E-state index is 0.144. The SMILES string of the molecule is CC(C)C(CS(=O)(=O)c1ccccc1)C(=O)CC1CCc2ncncc2CNC(=O)C1=O. The highest BCUT2D eigenvalue weighted by Gasteiger charge is 2.34. The number of benzene rings is 1. The summed E-state index contributed by atoms with van der Waals surface area (Å²) in [5.41, 5.74) is 1.45. The number of carbonyl (C=O) groups is 3. The predicted molar refractivity (Wildman–Crippen MR) is 117 cm³/mol. The van der Waals surface area contributed by atoms with E-state index in [1.54, 1.807) is 38.2 Å². The quantitative estimate of drug-likeness (QED) is 0.630. The number of fused-ring (bicyclic) bond motifs is 1. The molecule has 2 atom stereocenters. The summed E-state index contributed by atoms with van der Waals surface area (Å²) in [6.07, 6.45) is 3.52. The number of aromatic nitrogens is 2. The highest BCUT2D eigenvalue weighted by Crippen LogP contribution is 2.25. The molecule has 0 radical (unpaired) electrons. The molecule has 2 aromatic rings. The van der Waals surface area contributed by atoms with Crippen molar-refractivity contribution in [2.45, 2.75) is 44.6 Å². The van der Waals surface area contributed by atoms with E-state index in [1.165, 1.54) is 18.5 Å². The van der Waals surface area contributed by atoms with E-state index in [0.29, 0.717) is 6.42 Å². The number of sulfone groups is 1. The van der Waals surface area contributed by atoms with Crippen LogP contribution in [0.4, 0.5) is 0 Å². The molecule has 0 spiro atoms. The molecule has 2 heterocycles. The van der Waals surface area contributed by atoms with E-state index in [-0.39, 0.29) is 41.7 Å². The van der Waals surface area contributed by atoms with Crippen molar-refractivity contribution in [3.05, 3.63) is 54.1 Å². The van der Waals surface area contributed by atoms with Crippen LogP contribution in [-0.4, -0.2) is 41.6 Å². The summed E-state index contributed by atoms with van der Waals surface area (Å²) in [7, 11) is -3.68. The van der Waals surface area contributed by atoms with Crippen molar-refractivity contribution in [3.63, 3.8) is 0 Å². The molecule has 0 aliphatic carbocycles. The standard InChI is InChI=1S/C23H27N3O5S/c1-15(2)19(13-32(30,31)18-6-4-3-5-7-18)21(27)10-16-8-9-20-17(11-24-14-26-20)12-25-23(29)22(16)28/h3-7,11,14-16,19H,8-10,12-13H2,1-2H3,(H,25,29). The minimum Gasteiger partial charge on any atom is -0.345 e. The Balaban J connectivity index is 1.79. The Labute approximate surface area is 187 Å². The topological polar surface area (TPSA) is 123 Å². The molecular weight excluding hydrogens is 430 g/mol. The Hall–Kier alpha value is -2.94. The van der Waals surface area contributed by atoms with Gasteiger partial charge in [-0.05, 0) is 30.9 Å². The third-order valence-corrected chi connectivity index (χ3v) is 7.60. The van der Waals surface area contributed by atoms with Crippen molar-refractivity contribution in [2.24, 2.45) is 17.8 Å². The van der Waals surface area contributed by atoms with Crippen LogP contribution in [0.1, 0.15) is 37.9 Å². The van der Waals surface area contributed by atoms with Gasteiger partial charge in [0.2, 0.25) is 5.78 Å². The van der Waals surface area contributed by atoms with Gasteiger partial charge in [-0.2, -0.15) is 0 Å². The molecule has 170 valence electrons. The molecule has 3 rings (SSSR count). The molecule has 9 heteroatoms. The second-order valence-electron chi connectivity index (χ2n) is 8.39. The Morgan fingerprint density at radius 2 is 1.91 bits per heavy atom. The maximum Gasteiger partial charge on any atom is 0.287 e. The molecule has 0 fully saturated rings. The highest BCUT2D eigenvalue weighted by molar-refractivity contribution is 7.91. The van der Waals surface area contributed by atoms with Crippen molar-refractivity contribution in [1.29, 1.82) is 0 Å². The first kappa shape index (κ1) is 23.7. The molecule has 32 heavy (non-hydrogen) atoms. The number of nitrogens with zero attached hydrogens (tertiary/aromatic N) is 2. The van der Waals surface area contributed by atoms with Crippen molar-refractivity contribution >= 4 is 27.3 Å². The summed E-state index contributed by atoms with van der Waals surface area (Å²) in [5.74, 6) is -3.92. The third kappa shape index (κ3) is 5.64. The number of ketones is 2. The first-order valence-electron chi connectivity index (χ1n) is 10.6. The van der Waals surface area contributed by atoms with E-state index >= 15 is 0 Å². The van der Waals surface area contributed by atoms with Gasteiger partial charge in [0.15, 0.2) is 9.84 Å². The van der Waals surface area contributed by atoms with Crippen molar-refractivity contribution in [2.75, 3.05) is 5.75 Å². The summed E-state index contributed by atoms with van der Waals surface area (Å²) in [6.45, 7) is 3.72. The lowest BCUT2D eigenvalue weighted by Gasteiger charge is -2.22. The predicted octanol–water partition coefficient (Wildman–Crippen LogP) is 1.93. The first-order valence-corrected chi connectivity index (χ1v) is 12.2. The highest BCUT2D eigenvalue weighted by atomic mass is 32.2. The zero-order chi connectivity index (χ0) is 23.3. The average molecular weight is 458 g/mol. The number of hydrogen-bond acceptors (Lipinski definition) is 7. The second-order valence-corrected chi connectivity index (χ2v) is 10.4. The molecule has 0 saturated heterocycles. The molecule has 1 aromatic heterocycles. The van der Waals surface area contributed by atoms with E-state index in [4.69, 9.17) is 0 Å². The Bertz CT molecular complexity index is 1100. The van der Waals surface area contributed by atoms with Crippen LogP contribution in [0.5, 0.6) is 0 Å². The van der Waals surface area contributed by atoms with Crippen molar-refractivity contribution in [3.8, 4) is 0 Å². The van der Waals surface area contributed by atoms with E-state index in [1.807, 2.05) is 0 Å². The van der Waals surface area contributed by atoms with E-state index in [9.17, 15) is 22.8 Å². The third-order valence-electron chi connectivity index (χ3n) is 5.81. The monoisotopic (exact) mass is 457 g/mol. The van der Waals surface area contributed by atoms with Gasteiger partial charge >= 0.3 is 0 Å². The number of aryl methyl sites for hydroxylation is 1. The zero-order valence-electron chi connectivity index (χ0n) is 18.2. The lowest BCUT2D eigenvalue weighted by molar-refractivity contribution is -0.141. The molecule has 0 saturated carbocycles. The first-order chi connectivity index (χ1) is 15.2. The Morgan fingerprint density at radius 3 is 2.59 bits per heavy atom. The fraction of sp³-hybridized carbons (Fsp3) is 0.435. The van der Waals surface area contributed by atoms with Gasteiger partial charge in [-0.1, -0.05) is 32.0 Å². The van der Waals surface area contributed by atoms with E-state index in [2.05, 4.69) is 15.3 Å². The lowest BCUT2D eigenvalue weighted by atomic mass is 9.84. The summed E-state index contributed by atoms with van der Waals surface area (Å²) < 4.78 is 25.7. The molecule has 1 amide bonds. The molecule has 1 N–H and O–H groups in total. The van der Waals surface area contributed by atoms with Crippen LogP contribution in [0.15, 0.2) is 47.8 Å². The van der Waals surface area contributed by atoms with Gasteiger partial charge in [-0.3, -0.25) is 14.4 Å². The maximum absolute atomic E-state index is 13.2. The van der Waals surface area contributed by atoms with Gasteiger partial charge in [0.05, 0.1) is 10.6 Å². The minimum atomic E-state index is -3.68. The van der Waals surface area contributed by atoms with Crippen LogP contribution in [-0.2, 0) is 37.2 Å². The molecule has 1 aliphatic rings. The van der Waals surface area contributed by atoms with E-state index < -0.39 is 33.4 Å². The van der Waals surface area contributed by atoms with Gasteiger partial charge in [0.1, 0.15) is 12.1 Å². The Kier molecular flexibility index (Phi) is 7.50. The van der Waals surface area contributed by atoms with Crippen LogP contribution < -0.4 is 5.32 Å². The van der Waals surface area contributed by atoms with Gasteiger partial charge in [0, 0.05) is 42.3 Å². The second kappa shape index (κ2) is 10.1. The van der Waals surface area contributed by atoms with Crippen LogP contribution in [0.25, 0.3) is 0 Å². The molecular formula is C23H27N3O5S. The molecule has 1 aromatic carbocycles. The molecule has 2 unspecified atom stereocenters.